The molecule has 4 heteroatoms. The second-order valence-corrected chi connectivity index (χ2v) is 6.36. The molecule has 1 aromatic carbocycles. The summed E-state index contributed by atoms with van der Waals surface area (Å²) >= 11 is 0. The molecule has 0 spiro atoms. The van der Waals surface area contributed by atoms with Crippen LogP contribution in [0.3, 0.4) is 0 Å². The fraction of sp³-hybridized carbons (Fsp3) is 0.588. The monoisotopic (exact) mass is 287 g/mol. The Bertz CT molecular complexity index is 479. The largest absolute Gasteiger partial charge is 0.372 e. The molecule has 0 aliphatic carbocycles. The van der Waals surface area contributed by atoms with E-state index in [-0.39, 0.29) is 6.03 Å². The topological polar surface area (TPSA) is 35.6 Å². The van der Waals surface area contributed by atoms with Crippen LogP contribution in [-0.4, -0.2) is 37.1 Å². The summed E-state index contributed by atoms with van der Waals surface area (Å²) < 4.78 is 0. The summed E-state index contributed by atoms with van der Waals surface area (Å²) in [4.78, 5) is 16.6. The second kappa shape index (κ2) is 6.37. The number of carbonyl (C=O) groups excluding carboxylic acids is 1. The average molecular weight is 287 g/mol. The Kier molecular flexibility index (Phi) is 4.32. The molecule has 3 rings (SSSR count). The van der Waals surface area contributed by atoms with E-state index in [0.29, 0.717) is 5.92 Å². The quantitative estimate of drug-likeness (QED) is 0.903. The van der Waals surface area contributed by atoms with Gasteiger partial charge in [0.15, 0.2) is 0 Å². The number of carbonyl (C=O) groups is 1. The third-order valence-corrected chi connectivity index (χ3v) is 4.53. The highest BCUT2D eigenvalue weighted by atomic mass is 16.2. The fourth-order valence-corrected chi connectivity index (χ4v) is 3.31. The van der Waals surface area contributed by atoms with Gasteiger partial charge in [-0.1, -0.05) is 6.92 Å². The molecule has 21 heavy (non-hydrogen) atoms. The van der Waals surface area contributed by atoms with Crippen molar-refractivity contribution < 1.29 is 4.79 Å². The summed E-state index contributed by atoms with van der Waals surface area (Å²) in [7, 11) is 0. The predicted octanol–water partition coefficient (Wildman–Crippen LogP) is 3.55. The van der Waals surface area contributed by atoms with Gasteiger partial charge in [0.25, 0.3) is 0 Å². The van der Waals surface area contributed by atoms with Crippen molar-refractivity contribution in [1.29, 1.82) is 0 Å². The molecular formula is C17H25N3O. The maximum absolute atomic E-state index is 12.3. The Hall–Kier alpha value is -1.71. The molecule has 2 fully saturated rings. The van der Waals surface area contributed by atoms with Gasteiger partial charge < -0.3 is 15.1 Å². The summed E-state index contributed by atoms with van der Waals surface area (Å²) in [5.74, 6) is 0.613. The molecule has 0 radical (unpaired) electrons. The van der Waals surface area contributed by atoms with Gasteiger partial charge in [-0.05, 0) is 55.9 Å². The molecule has 4 nitrogen and oxygen atoms in total. The van der Waals surface area contributed by atoms with Gasteiger partial charge in [0, 0.05) is 37.6 Å². The van der Waals surface area contributed by atoms with Gasteiger partial charge in [0.1, 0.15) is 0 Å². The average Bonchev–Trinajstić information content (AvgIpc) is 3.02. The molecule has 2 saturated heterocycles. The molecule has 0 aromatic heterocycles. The van der Waals surface area contributed by atoms with Gasteiger partial charge in [0.2, 0.25) is 0 Å². The number of amides is 2. The number of benzene rings is 1. The maximum atomic E-state index is 12.3. The smallest absolute Gasteiger partial charge is 0.321 e. The number of hydrogen-bond donors (Lipinski definition) is 1. The lowest BCUT2D eigenvalue weighted by Crippen LogP contribution is -2.41. The van der Waals surface area contributed by atoms with E-state index < -0.39 is 0 Å². The van der Waals surface area contributed by atoms with Gasteiger partial charge in [-0.25, -0.2) is 4.79 Å². The van der Waals surface area contributed by atoms with Crippen LogP contribution in [-0.2, 0) is 0 Å². The van der Waals surface area contributed by atoms with E-state index in [2.05, 4.69) is 29.3 Å². The van der Waals surface area contributed by atoms with E-state index in [1.165, 1.54) is 24.9 Å². The number of nitrogens with one attached hydrogen (secondary N) is 1. The van der Waals surface area contributed by atoms with E-state index in [1.807, 2.05) is 17.0 Å². The normalized spacial score (nSPS) is 22.4. The van der Waals surface area contributed by atoms with Crippen LogP contribution in [0, 0.1) is 5.92 Å². The fourth-order valence-electron chi connectivity index (χ4n) is 3.31. The molecule has 0 bridgehead atoms. The Morgan fingerprint density at radius 2 is 1.81 bits per heavy atom. The lowest BCUT2D eigenvalue weighted by Gasteiger charge is -2.31. The SMILES string of the molecule is CC1CCCN(C(=O)Nc2ccc(N3CCCC3)cc2)C1. The molecule has 114 valence electrons. The van der Waals surface area contributed by atoms with Crippen molar-refractivity contribution >= 4 is 17.4 Å². The zero-order chi connectivity index (χ0) is 14.7. The highest BCUT2D eigenvalue weighted by Crippen LogP contribution is 2.22. The van der Waals surface area contributed by atoms with Crippen LogP contribution in [0.25, 0.3) is 0 Å². The Labute approximate surface area is 127 Å². The minimum atomic E-state index is 0.0375. The number of rotatable bonds is 2. The summed E-state index contributed by atoms with van der Waals surface area (Å²) in [6, 6.07) is 8.28. The van der Waals surface area contributed by atoms with Gasteiger partial charge in [0.05, 0.1) is 0 Å². The first kappa shape index (κ1) is 14.2. The number of anilines is 2. The minimum Gasteiger partial charge on any atom is -0.372 e. The van der Waals surface area contributed by atoms with Crippen LogP contribution in [0.15, 0.2) is 24.3 Å². The third kappa shape index (κ3) is 3.49. The molecule has 2 amide bonds. The van der Waals surface area contributed by atoms with Crippen molar-refractivity contribution in [3.05, 3.63) is 24.3 Å². The molecule has 0 saturated carbocycles. The molecular weight excluding hydrogens is 262 g/mol. The van der Waals surface area contributed by atoms with Gasteiger partial charge >= 0.3 is 6.03 Å². The number of urea groups is 1. The van der Waals surface area contributed by atoms with Crippen LogP contribution < -0.4 is 10.2 Å². The van der Waals surface area contributed by atoms with Gasteiger partial charge in [-0.15, -0.1) is 0 Å². The Morgan fingerprint density at radius 1 is 1.10 bits per heavy atom. The first-order chi connectivity index (χ1) is 10.2. The van der Waals surface area contributed by atoms with Crippen LogP contribution in [0.1, 0.15) is 32.6 Å². The van der Waals surface area contributed by atoms with Crippen molar-refractivity contribution in [1.82, 2.24) is 4.90 Å². The highest BCUT2D eigenvalue weighted by Gasteiger charge is 2.21. The van der Waals surface area contributed by atoms with Crippen LogP contribution in [0.2, 0.25) is 0 Å². The summed E-state index contributed by atoms with van der Waals surface area (Å²) in [6.45, 7) is 6.26. The van der Waals surface area contributed by atoms with E-state index in [0.717, 1.165) is 38.3 Å². The summed E-state index contributed by atoms with van der Waals surface area (Å²) in [5, 5.41) is 3.02. The molecule has 1 atom stereocenters. The minimum absolute atomic E-state index is 0.0375. The Balaban J connectivity index is 1.58. The van der Waals surface area contributed by atoms with Crippen LogP contribution in [0.4, 0.5) is 16.2 Å². The predicted molar refractivity (Wildman–Crippen MR) is 86.9 cm³/mol. The van der Waals surface area contributed by atoms with Gasteiger partial charge in [-0.3, -0.25) is 0 Å². The highest BCUT2D eigenvalue weighted by molar-refractivity contribution is 5.89. The first-order valence-electron chi connectivity index (χ1n) is 8.13. The number of nitrogens with zero attached hydrogens (tertiary/aromatic N) is 2. The lowest BCUT2D eigenvalue weighted by molar-refractivity contribution is 0.182. The zero-order valence-corrected chi connectivity index (χ0v) is 12.8. The van der Waals surface area contributed by atoms with E-state index >= 15 is 0 Å². The van der Waals surface area contributed by atoms with E-state index in [1.54, 1.807) is 0 Å². The van der Waals surface area contributed by atoms with E-state index in [4.69, 9.17) is 0 Å². The third-order valence-electron chi connectivity index (χ3n) is 4.53. The van der Waals surface area contributed by atoms with Crippen LogP contribution in [0.5, 0.6) is 0 Å². The molecule has 2 aliphatic heterocycles. The molecule has 2 heterocycles. The number of hydrogen-bond acceptors (Lipinski definition) is 2. The number of piperidine rings is 1. The lowest BCUT2D eigenvalue weighted by atomic mass is 10.0. The summed E-state index contributed by atoms with van der Waals surface area (Å²) in [6.07, 6.45) is 4.91. The molecule has 2 aliphatic rings. The Morgan fingerprint density at radius 3 is 2.48 bits per heavy atom. The van der Waals surface area contributed by atoms with Gasteiger partial charge in [-0.2, -0.15) is 0 Å². The number of likely N-dealkylation sites (tertiary alicyclic amines) is 1. The van der Waals surface area contributed by atoms with Crippen LogP contribution >= 0.6 is 0 Å². The van der Waals surface area contributed by atoms with Crippen molar-refractivity contribution in [3.63, 3.8) is 0 Å². The van der Waals surface area contributed by atoms with Crippen molar-refractivity contribution in [2.75, 3.05) is 36.4 Å². The van der Waals surface area contributed by atoms with Crippen molar-refractivity contribution in [3.8, 4) is 0 Å². The zero-order valence-electron chi connectivity index (χ0n) is 12.8. The molecule has 1 N–H and O–H groups in total. The van der Waals surface area contributed by atoms with Crippen molar-refractivity contribution in [2.45, 2.75) is 32.6 Å². The molecule has 1 unspecified atom stereocenters. The van der Waals surface area contributed by atoms with E-state index in [9.17, 15) is 4.79 Å². The second-order valence-electron chi connectivity index (χ2n) is 6.36. The molecule has 1 aromatic rings. The maximum Gasteiger partial charge on any atom is 0.321 e. The summed E-state index contributed by atoms with van der Waals surface area (Å²) in [5.41, 5.74) is 2.15. The van der Waals surface area contributed by atoms with Crippen molar-refractivity contribution in [2.24, 2.45) is 5.92 Å². The standard InChI is InChI=1S/C17H25N3O/c1-14-5-4-12-20(13-14)17(21)18-15-6-8-16(9-7-15)19-10-2-3-11-19/h6-9,14H,2-5,10-13H2,1H3,(H,18,21). The first-order valence-corrected chi connectivity index (χ1v) is 8.13.